The van der Waals surface area contributed by atoms with E-state index in [2.05, 4.69) is 27.9 Å². The molecule has 2 fully saturated rings. The van der Waals surface area contributed by atoms with Gasteiger partial charge in [0.1, 0.15) is 5.82 Å². The number of fused-ring (bicyclic) bond motifs is 1. The van der Waals surface area contributed by atoms with Gasteiger partial charge in [-0.05, 0) is 49.3 Å². The van der Waals surface area contributed by atoms with Crippen molar-refractivity contribution in [1.82, 2.24) is 14.5 Å². The molecule has 0 amide bonds. The molecule has 0 spiro atoms. The molecule has 6 nitrogen and oxygen atoms in total. The average molecular weight is 326 g/mol. The van der Waals surface area contributed by atoms with Crippen LogP contribution >= 0.6 is 0 Å². The van der Waals surface area contributed by atoms with Gasteiger partial charge in [-0.2, -0.15) is 0 Å². The number of pyridine rings is 1. The maximum Gasteiger partial charge on any atom is 0.358 e. The van der Waals surface area contributed by atoms with Gasteiger partial charge in [0, 0.05) is 25.5 Å². The molecule has 2 atom stereocenters. The van der Waals surface area contributed by atoms with Crippen molar-refractivity contribution in [3.05, 3.63) is 41.6 Å². The first kappa shape index (κ1) is 15.2. The number of rotatable bonds is 5. The van der Waals surface area contributed by atoms with Gasteiger partial charge >= 0.3 is 5.97 Å². The summed E-state index contributed by atoms with van der Waals surface area (Å²) in [6.07, 6.45) is 6.72. The van der Waals surface area contributed by atoms with Crippen LogP contribution in [-0.2, 0) is 11.3 Å². The van der Waals surface area contributed by atoms with Gasteiger partial charge in [0.2, 0.25) is 0 Å². The average Bonchev–Trinajstić information content (AvgIpc) is 2.98. The van der Waals surface area contributed by atoms with Crippen molar-refractivity contribution in [2.45, 2.75) is 26.8 Å². The van der Waals surface area contributed by atoms with Crippen LogP contribution in [0.1, 0.15) is 35.0 Å². The summed E-state index contributed by atoms with van der Waals surface area (Å²) in [5.41, 5.74) is 2.69. The highest BCUT2D eigenvalue weighted by atomic mass is 16.5. The van der Waals surface area contributed by atoms with Crippen molar-refractivity contribution in [3.63, 3.8) is 0 Å². The smallest absolute Gasteiger partial charge is 0.358 e. The molecule has 0 radical (unpaired) electrons. The Balaban J connectivity index is 1.45. The van der Waals surface area contributed by atoms with Crippen LogP contribution < -0.4 is 4.90 Å². The summed E-state index contributed by atoms with van der Waals surface area (Å²) in [4.78, 5) is 22.8. The monoisotopic (exact) mass is 326 g/mol. The van der Waals surface area contributed by atoms with Crippen molar-refractivity contribution in [1.29, 1.82) is 0 Å². The number of hydrogen-bond acceptors (Lipinski definition) is 5. The van der Waals surface area contributed by atoms with E-state index in [9.17, 15) is 4.79 Å². The van der Waals surface area contributed by atoms with E-state index in [1.54, 1.807) is 19.4 Å². The number of ether oxygens (including phenoxy) is 1. The number of aromatic nitrogens is 3. The predicted octanol–water partition coefficient (Wildman–Crippen LogP) is 2.27. The van der Waals surface area contributed by atoms with Gasteiger partial charge in [-0.3, -0.25) is 0 Å². The van der Waals surface area contributed by atoms with Crippen LogP contribution in [0.25, 0.3) is 0 Å². The largest absolute Gasteiger partial charge is 0.461 e. The topological polar surface area (TPSA) is 60.3 Å². The van der Waals surface area contributed by atoms with Crippen molar-refractivity contribution in [2.75, 3.05) is 24.6 Å². The Morgan fingerprint density at radius 3 is 2.83 bits per heavy atom. The summed E-state index contributed by atoms with van der Waals surface area (Å²) in [7, 11) is 0. The quantitative estimate of drug-likeness (QED) is 0.789. The molecule has 2 aliphatic rings. The summed E-state index contributed by atoms with van der Waals surface area (Å²) < 4.78 is 6.86. The third-order valence-corrected chi connectivity index (χ3v) is 4.98. The van der Waals surface area contributed by atoms with E-state index in [1.807, 2.05) is 10.8 Å². The number of piperidine rings is 1. The van der Waals surface area contributed by atoms with E-state index in [0.717, 1.165) is 36.3 Å². The number of nitrogens with zero attached hydrogens (tertiary/aromatic N) is 4. The molecule has 6 heteroatoms. The van der Waals surface area contributed by atoms with Crippen molar-refractivity contribution in [2.24, 2.45) is 11.8 Å². The lowest BCUT2D eigenvalue weighted by atomic mass is 10.1. The Kier molecular flexibility index (Phi) is 3.75. The Morgan fingerprint density at radius 2 is 2.12 bits per heavy atom. The zero-order valence-electron chi connectivity index (χ0n) is 14.1. The van der Waals surface area contributed by atoms with E-state index in [1.165, 1.54) is 12.0 Å². The predicted molar refractivity (Wildman–Crippen MR) is 90.1 cm³/mol. The summed E-state index contributed by atoms with van der Waals surface area (Å²) >= 11 is 0. The molecule has 0 aromatic carbocycles. The number of carbonyl (C=O) groups excluding carboxylic acids is 1. The molecule has 1 aliphatic carbocycles. The van der Waals surface area contributed by atoms with Crippen molar-refractivity contribution in [3.8, 4) is 0 Å². The first-order valence-corrected chi connectivity index (χ1v) is 8.53. The Hall–Kier alpha value is -2.37. The second-order valence-electron chi connectivity index (χ2n) is 6.78. The van der Waals surface area contributed by atoms with Crippen LogP contribution in [0.3, 0.4) is 0 Å². The van der Waals surface area contributed by atoms with Gasteiger partial charge in [-0.15, -0.1) is 0 Å². The molecule has 0 bridgehead atoms. The minimum absolute atomic E-state index is 0.343. The standard InChI is InChI=1S/C18H22N4O2/c1-3-24-18(23)16-10-21(11-20-16)7-15-6-19-17(4-12(15)2)22-8-13-5-14(13)9-22/h4,6,10-11,13-14H,3,5,7-9H2,1-2H3. The van der Waals surface area contributed by atoms with Crippen LogP contribution in [0, 0.1) is 18.8 Å². The first-order chi connectivity index (χ1) is 11.6. The molecule has 126 valence electrons. The molecule has 2 aromatic heterocycles. The van der Waals surface area contributed by atoms with E-state index in [4.69, 9.17) is 4.74 Å². The van der Waals surface area contributed by atoms with Gasteiger partial charge in [-0.1, -0.05) is 0 Å². The van der Waals surface area contributed by atoms with Crippen LogP contribution in [-0.4, -0.2) is 40.2 Å². The fourth-order valence-corrected chi connectivity index (χ4v) is 3.45. The number of carbonyl (C=O) groups is 1. The normalized spacial score (nSPS) is 21.7. The summed E-state index contributed by atoms with van der Waals surface area (Å²) in [5, 5.41) is 0. The first-order valence-electron chi connectivity index (χ1n) is 8.53. The molecule has 4 rings (SSSR count). The third-order valence-electron chi connectivity index (χ3n) is 4.98. The second-order valence-corrected chi connectivity index (χ2v) is 6.78. The minimum Gasteiger partial charge on any atom is -0.461 e. The lowest BCUT2D eigenvalue weighted by Crippen LogP contribution is -2.23. The van der Waals surface area contributed by atoms with Crippen LogP contribution in [0.2, 0.25) is 0 Å². The van der Waals surface area contributed by atoms with E-state index >= 15 is 0 Å². The highest BCUT2D eigenvalue weighted by Crippen LogP contribution is 2.45. The number of hydrogen-bond donors (Lipinski definition) is 0. The second kappa shape index (κ2) is 5.92. The summed E-state index contributed by atoms with van der Waals surface area (Å²) in [6.45, 7) is 7.21. The number of anilines is 1. The Labute approximate surface area is 141 Å². The van der Waals surface area contributed by atoms with Crippen molar-refractivity contribution < 1.29 is 9.53 Å². The highest BCUT2D eigenvalue weighted by Gasteiger charge is 2.45. The van der Waals surface area contributed by atoms with E-state index in [-0.39, 0.29) is 5.97 Å². The number of imidazole rings is 1. The highest BCUT2D eigenvalue weighted by molar-refractivity contribution is 5.86. The third kappa shape index (κ3) is 2.88. The molecule has 1 saturated heterocycles. The van der Waals surface area contributed by atoms with Crippen LogP contribution in [0.4, 0.5) is 5.82 Å². The fraction of sp³-hybridized carbons (Fsp3) is 0.500. The molecule has 1 saturated carbocycles. The molecule has 1 aliphatic heterocycles. The van der Waals surface area contributed by atoms with Gasteiger partial charge in [-0.25, -0.2) is 14.8 Å². The maximum absolute atomic E-state index is 11.7. The molecule has 3 heterocycles. The summed E-state index contributed by atoms with van der Waals surface area (Å²) in [6, 6.07) is 2.17. The molecular weight excluding hydrogens is 304 g/mol. The molecule has 2 aromatic rings. The van der Waals surface area contributed by atoms with Crippen LogP contribution in [0.5, 0.6) is 0 Å². The zero-order valence-corrected chi connectivity index (χ0v) is 14.1. The van der Waals surface area contributed by atoms with E-state index in [0.29, 0.717) is 18.8 Å². The number of esters is 1. The molecule has 0 N–H and O–H groups in total. The van der Waals surface area contributed by atoms with Crippen molar-refractivity contribution >= 4 is 11.8 Å². The zero-order chi connectivity index (χ0) is 16.7. The Morgan fingerprint density at radius 1 is 1.33 bits per heavy atom. The van der Waals surface area contributed by atoms with Gasteiger partial charge in [0.05, 0.1) is 19.5 Å². The fourth-order valence-electron chi connectivity index (χ4n) is 3.45. The SMILES string of the molecule is CCOC(=O)c1cn(Cc2cnc(N3CC4CC4C3)cc2C)cn1. The van der Waals surface area contributed by atoms with Gasteiger partial charge < -0.3 is 14.2 Å². The van der Waals surface area contributed by atoms with Gasteiger partial charge in [0.15, 0.2) is 5.69 Å². The summed E-state index contributed by atoms with van der Waals surface area (Å²) in [5.74, 6) is 2.51. The minimum atomic E-state index is -0.381. The maximum atomic E-state index is 11.7. The molecule has 2 unspecified atom stereocenters. The lowest BCUT2D eigenvalue weighted by molar-refractivity contribution is 0.0520. The lowest BCUT2D eigenvalue weighted by Gasteiger charge is -2.20. The molecular formula is C18H22N4O2. The number of aryl methyl sites for hydroxylation is 1. The molecule has 24 heavy (non-hydrogen) atoms. The van der Waals surface area contributed by atoms with E-state index < -0.39 is 0 Å². The van der Waals surface area contributed by atoms with Gasteiger partial charge in [0.25, 0.3) is 0 Å². The Bertz CT molecular complexity index is 760. The van der Waals surface area contributed by atoms with Crippen LogP contribution in [0.15, 0.2) is 24.8 Å².